The van der Waals surface area contributed by atoms with Crippen LogP contribution in [0.5, 0.6) is 0 Å². The number of aromatic nitrogens is 2. The lowest BCUT2D eigenvalue weighted by atomic mass is 10.1. The van der Waals surface area contributed by atoms with E-state index in [1.54, 1.807) is 11.1 Å². The Hall–Kier alpha value is -2.95. The van der Waals surface area contributed by atoms with Crippen LogP contribution in [0.15, 0.2) is 12.5 Å². The molecule has 1 aromatic rings. The summed E-state index contributed by atoms with van der Waals surface area (Å²) >= 11 is 0. The van der Waals surface area contributed by atoms with Crippen LogP contribution in [0.2, 0.25) is 0 Å². The number of rotatable bonds is 12. The van der Waals surface area contributed by atoms with Gasteiger partial charge in [-0.05, 0) is 38.6 Å². The molecule has 2 saturated heterocycles. The van der Waals surface area contributed by atoms with Crippen molar-refractivity contribution < 1.29 is 19.2 Å². The summed E-state index contributed by atoms with van der Waals surface area (Å²) in [6.07, 6.45) is 9.23. The van der Waals surface area contributed by atoms with Gasteiger partial charge in [-0.25, -0.2) is 4.98 Å². The largest absolute Gasteiger partial charge is 0.354 e. The minimum atomic E-state index is -0.861. The van der Waals surface area contributed by atoms with Crippen LogP contribution >= 0.6 is 0 Å². The van der Waals surface area contributed by atoms with Crippen molar-refractivity contribution in [1.82, 2.24) is 30.8 Å². The molecule has 1 aromatic heterocycles. The second-order valence-electron chi connectivity index (χ2n) is 8.68. The molecule has 0 saturated carbocycles. The molecule has 11 heteroatoms. The maximum atomic E-state index is 13.4. The number of hydrogen-bond donors (Lipinski definition) is 5. The van der Waals surface area contributed by atoms with Crippen molar-refractivity contribution in [1.29, 1.82) is 0 Å². The van der Waals surface area contributed by atoms with E-state index in [4.69, 9.17) is 5.73 Å². The highest BCUT2D eigenvalue weighted by Crippen LogP contribution is 2.20. The van der Waals surface area contributed by atoms with Gasteiger partial charge in [-0.1, -0.05) is 12.8 Å². The fourth-order valence-electron chi connectivity index (χ4n) is 4.35. The number of carbonyl (C=O) groups excluding carboxylic acids is 4. The summed E-state index contributed by atoms with van der Waals surface area (Å²) in [5.41, 5.74) is 6.19. The van der Waals surface area contributed by atoms with Crippen LogP contribution in [0.3, 0.4) is 0 Å². The van der Waals surface area contributed by atoms with Crippen LogP contribution in [-0.4, -0.2) is 76.3 Å². The second-order valence-corrected chi connectivity index (χ2v) is 8.68. The van der Waals surface area contributed by atoms with Gasteiger partial charge in [0, 0.05) is 37.8 Å². The lowest BCUT2D eigenvalue weighted by molar-refractivity contribution is -0.141. The average Bonchev–Trinajstić information content (AvgIpc) is 3.57. The lowest BCUT2D eigenvalue weighted by Crippen LogP contribution is -2.56. The van der Waals surface area contributed by atoms with Gasteiger partial charge in [0.1, 0.15) is 18.1 Å². The van der Waals surface area contributed by atoms with Crippen molar-refractivity contribution in [2.24, 2.45) is 5.73 Å². The highest BCUT2D eigenvalue weighted by molar-refractivity contribution is 5.95. The summed E-state index contributed by atoms with van der Waals surface area (Å²) in [5, 5.41) is 8.36. The van der Waals surface area contributed by atoms with Crippen molar-refractivity contribution in [2.45, 2.75) is 75.9 Å². The smallest absolute Gasteiger partial charge is 0.246 e. The molecule has 0 aromatic carbocycles. The van der Waals surface area contributed by atoms with Crippen molar-refractivity contribution in [3.05, 3.63) is 18.2 Å². The van der Waals surface area contributed by atoms with Crippen molar-refractivity contribution in [2.75, 3.05) is 19.6 Å². The number of amides is 4. The summed E-state index contributed by atoms with van der Waals surface area (Å²) in [4.78, 5) is 58.9. The zero-order valence-corrected chi connectivity index (χ0v) is 19.0. The third-order valence-electron chi connectivity index (χ3n) is 6.17. The average molecular weight is 462 g/mol. The molecule has 11 nitrogen and oxygen atoms in total. The summed E-state index contributed by atoms with van der Waals surface area (Å²) in [5.74, 6) is -1.03. The fraction of sp³-hybridized carbons (Fsp3) is 0.682. The molecule has 3 atom stereocenters. The Morgan fingerprint density at radius 2 is 2.00 bits per heavy atom. The van der Waals surface area contributed by atoms with Crippen LogP contribution < -0.4 is 21.7 Å². The zero-order valence-electron chi connectivity index (χ0n) is 19.0. The molecule has 0 radical (unpaired) electrons. The first kappa shape index (κ1) is 24.7. The van der Waals surface area contributed by atoms with Crippen LogP contribution in [0.25, 0.3) is 0 Å². The topological polar surface area (TPSA) is 162 Å². The molecule has 182 valence electrons. The predicted molar refractivity (Wildman–Crippen MR) is 121 cm³/mol. The molecule has 0 spiro atoms. The number of imidazole rings is 1. The van der Waals surface area contributed by atoms with Gasteiger partial charge < -0.3 is 31.6 Å². The molecular weight excluding hydrogens is 426 g/mol. The van der Waals surface area contributed by atoms with E-state index in [0.717, 1.165) is 32.1 Å². The first-order valence-corrected chi connectivity index (χ1v) is 11.8. The number of nitrogens with zero attached hydrogens (tertiary/aromatic N) is 2. The van der Waals surface area contributed by atoms with Gasteiger partial charge in [-0.2, -0.15) is 0 Å². The molecule has 4 amide bonds. The Balaban J connectivity index is 1.60. The normalized spacial score (nSPS) is 21.0. The van der Waals surface area contributed by atoms with Crippen LogP contribution in [0.4, 0.5) is 0 Å². The van der Waals surface area contributed by atoms with Crippen LogP contribution in [0.1, 0.15) is 57.1 Å². The fourth-order valence-corrected chi connectivity index (χ4v) is 4.35. The quantitative estimate of drug-likeness (QED) is 0.260. The minimum Gasteiger partial charge on any atom is -0.354 e. The Bertz CT molecular complexity index is 814. The van der Waals surface area contributed by atoms with E-state index in [2.05, 4.69) is 25.9 Å². The number of unbranched alkanes of at least 4 members (excludes halogenated alkanes) is 3. The SMILES string of the molecule is NCCCCCCNC(=O)[C@@H]1CCCN1C(=O)[C@H](Cc1cnc[nH]1)NC(=O)[C@@H]1CCC(=O)N1. The van der Waals surface area contributed by atoms with Crippen molar-refractivity contribution in [3.8, 4) is 0 Å². The first-order chi connectivity index (χ1) is 16.0. The number of nitrogens with two attached hydrogens (primary N) is 1. The van der Waals surface area contributed by atoms with Gasteiger partial charge in [0.05, 0.1) is 6.33 Å². The highest BCUT2D eigenvalue weighted by atomic mass is 16.2. The Morgan fingerprint density at radius 3 is 2.70 bits per heavy atom. The second kappa shape index (κ2) is 12.3. The van der Waals surface area contributed by atoms with Crippen LogP contribution in [0, 0.1) is 0 Å². The molecule has 3 rings (SSSR count). The van der Waals surface area contributed by atoms with Gasteiger partial charge in [0.25, 0.3) is 0 Å². The van der Waals surface area contributed by atoms with E-state index < -0.39 is 24.0 Å². The molecule has 6 N–H and O–H groups in total. The third kappa shape index (κ3) is 7.01. The van der Waals surface area contributed by atoms with E-state index in [-0.39, 0.29) is 30.6 Å². The molecule has 2 fully saturated rings. The number of carbonyl (C=O) groups is 4. The van der Waals surface area contributed by atoms with E-state index in [0.29, 0.717) is 38.2 Å². The van der Waals surface area contributed by atoms with E-state index in [9.17, 15) is 19.2 Å². The predicted octanol–water partition coefficient (Wildman–Crippen LogP) is -0.658. The van der Waals surface area contributed by atoms with Crippen molar-refractivity contribution in [3.63, 3.8) is 0 Å². The molecule has 2 aliphatic rings. The Labute approximate surface area is 193 Å². The van der Waals surface area contributed by atoms with Gasteiger partial charge in [-0.3, -0.25) is 19.2 Å². The summed E-state index contributed by atoms with van der Waals surface area (Å²) in [6.45, 7) is 1.70. The minimum absolute atomic E-state index is 0.158. The molecular formula is C22H35N7O4. The lowest BCUT2D eigenvalue weighted by Gasteiger charge is -2.29. The third-order valence-corrected chi connectivity index (χ3v) is 6.17. The first-order valence-electron chi connectivity index (χ1n) is 11.8. The van der Waals surface area contributed by atoms with Gasteiger partial charge in [0.2, 0.25) is 23.6 Å². The summed E-state index contributed by atoms with van der Waals surface area (Å²) in [7, 11) is 0. The van der Waals surface area contributed by atoms with Gasteiger partial charge in [-0.15, -0.1) is 0 Å². The molecule has 0 bridgehead atoms. The summed E-state index contributed by atoms with van der Waals surface area (Å²) in [6, 6.07) is -2.06. The standard InChI is InChI=1S/C22H35N7O4/c23-9-3-1-2-4-10-25-21(32)18-6-5-11-29(18)22(33)17(12-15-13-24-14-26-15)28-20(31)16-7-8-19(30)27-16/h13-14,16-18H,1-12,23H2,(H,24,26)(H,25,32)(H,27,30)(H,28,31)/t16-,17-,18-/m0/s1. The molecule has 2 aliphatic heterocycles. The van der Waals surface area contributed by atoms with E-state index >= 15 is 0 Å². The van der Waals surface area contributed by atoms with Crippen LogP contribution in [-0.2, 0) is 25.6 Å². The number of likely N-dealkylation sites (tertiary alicyclic amines) is 1. The van der Waals surface area contributed by atoms with Gasteiger partial charge in [0.15, 0.2) is 0 Å². The van der Waals surface area contributed by atoms with E-state index in [1.807, 2.05) is 0 Å². The summed E-state index contributed by atoms with van der Waals surface area (Å²) < 4.78 is 0. The maximum absolute atomic E-state index is 13.4. The zero-order chi connectivity index (χ0) is 23.6. The molecule has 0 aliphatic carbocycles. The number of nitrogens with one attached hydrogen (secondary N) is 4. The maximum Gasteiger partial charge on any atom is 0.246 e. The monoisotopic (exact) mass is 461 g/mol. The number of H-pyrrole nitrogens is 1. The molecule has 3 heterocycles. The Kier molecular flexibility index (Phi) is 9.23. The van der Waals surface area contributed by atoms with Crippen molar-refractivity contribution >= 4 is 23.6 Å². The number of hydrogen-bond acceptors (Lipinski definition) is 6. The number of aromatic amines is 1. The highest BCUT2D eigenvalue weighted by Gasteiger charge is 2.39. The molecule has 33 heavy (non-hydrogen) atoms. The Morgan fingerprint density at radius 1 is 1.18 bits per heavy atom. The molecule has 0 unspecified atom stereocenters. The van der Waals surface area contributed by atoms with Gasteiger partial charge >= 0.3 is 0 Å². The van der Waals surface area contributed by atoms with E-state index in [1.165, 1.54) is 6.33 Å².